The maximum Gasteiger partial charge on any atom is 0.259 e. The number of carbonyl (C=O) groups excluding carboxylic acids is 3. The molecule has 5 atom stereocenters. The number of rotatable bonds is 8. The first-order valence-electron chi connectivity index (χ1n) is 17.6. The summed E-state index contributed by atoms with van der Waals surface area (Å²) in [7, 11) is -2.36. The summed E-state index contributed by atoms with van der Waals surface area (Å²) in [4.78, 5) is 45.7. The van der Waals surface area contributed by atoms with Crippen molar-refractivity contribution in [3.8, 4) is 17.1 Å². The molecule has 51 heavy (non-hydrogen) atoms. The van der Waals surface area contributed by atoms with Gasteiger partial charge in [0.15, 0.2) is 0 Å². The van der Waals surface area contributed by atoms with Gasteiger partial charge in [0.05, 0.1) is 17.9 Å². The van der Waals surface area contributed by atoms with Crippen LogP contribution in [0.25, 0.3) is 11.4 Å². The van der Waals surface area contributed by atoms with Crippen LogP contribution in [0, 0.1) is 5.92 Å². The van der Waals surface area contributed by atoms with Gasteiger partial charge in [-0.15, -0.1) is 10.2 Å². The Hall–Kier alpha value is -4.79. The molecular weight excluding hydrogens is 673 g/mol. The molecule has 0 spiro atoms. The third-order valence-corrected chi connectivity index (χ3v) is 12.9. The number of nitrogens with one attached hydrogen (secondary N) is 3. The van der Waals surface area contributed by atoms with E-state index < -0.39 is 50.2 Å². The van der Waals surface area contributed by atoms with E-state index in [0.717, 1.165) is 36.9 Å². The van der Waals surface area contributed by atoms with Crippen molar-refractivity contribution in [2.75, 3.05) is 19.0 Å². The zero-order valence-corrected chi connectivity index (χ0v) is 29.6. The summed E-state index contributed by atoms with van der Waals surface area (Å²) in [6.07, 6.45) is 9.15. The monoisotopic (exact) mass is 716 g/mol. The first-order valence-corrected chi connectivity index (χ1v) is 19.1. The van der Waals surface area contributed by atoms with E-state index in [4.69, 9.17) is 4.74 Å². The average Bonchev–Trinajstić information content (AvgIpc) is 3.89. The SMILES string of the molecule is COc1ccc(-c2nnn([C@@H]3C[C@H]4C(=O)N[C@]5(C(=O)NS(=O)(=O)C6(C)CC6)C[C@H]5C=CCCCCC[C@H](Nc5ccccc5)C(=O)N4C3)n2)cc1. The van der Waals surface area contributed by atoms with Crippen LogP contribution in [-0.2, 0) is 24.4 Å². The van der Waals surface area contributed by atoms with Crippen LogP contribution in [0.2, 0.25) is 0 Å². The predicted molar refractivity (Wildman–Crippen MR) is 189 cm³/mol. The molecule has 3 fully saturated rings. The van der Waals surface area contributed by atoms with Gasteiger partial charge in [0, 0.05) is 30.1 Å². The summed E-state index contributed by atoms with van der Waals surface area (Å²) in [5.74, 6) is -0.840. The summed E-state index contributed by atoms with van der Waals surface area (Å²) in [6.45, 7) is 1.75. The lowest BCUT2D eigenvalue weighted by Crippen LogP contribution is -2.58. The number of carbonyl (C=O) groups is 3. The zero-order valence-electron chi connectivity index (χ0n) is 28.8. The third-order valence-electron chi connectivity index (χ3n) is 10.7. The summed E-state index contributed by atoms with van der Waals surface area (Å²) in [5, 5.41) is 19.5. The molecule has 0 radical (unpaired) electrons. The number of anilines is 1. The van der Waals surface area contributed by atoms with Crippen LogP contribution >= 0.6 is 0 Å². The fraction of sp³-hybridized carbons (Fsp3) is 0.500. The molecule has 270 valence electrons. The number of fused-ring (bicyclic) bond motifs is 2. The number of benzene rings is 2. The molecule has 2 aromatic carbocycles. The van der Waals surface area contributed by atoms with Gasteiger partial charge in [-0.25, -0.2) is 8.42 Å². The molecule has 2 aliphatic heterocycles. The molecule has 3 N–H and O–H groups in total. The van der Waals surface area contributed by atoms with Gasteiger partial charge in [-0.05, 0) is 87.1 Å². The lowest BCUT2D eigenvalue weighted by Gasteiger charge is -2.30. The number of nitrogens with zero attached hydrogens (tertiary/aromatic N) is 5. The van der Waals surface area contributed by atoms with Crippen molar-refractivity contribution in [1.29, 1.82) is 0 Å². The van der Waals surface area contributed by atoms with Crippen molar-refractivity contribution in [2.24, 2.45) is 5.92 Å². The van der Waals surface area contributed by atoms with Gasteiger partial charge in [-0.1, -0.05) is 43.2 Å². The summed E-state index contributed by atoms with van der Waals surface area (Å²) in [6, 6.07) is 14.7. The van der Waals surface area contributed by atoms with Gasteiger partial charge in [0.2, 0.25) is 27.7 Å². The number of para-hydroxylation sites is 1. The Morgan fingerprint density at radius 3 is 2.53 bits per heavy atom. The number of amides is 3. The quantitative estimate of drug-likeness (QED) is 0.293. The number of allylic oxidation sites excluding steroid dienone is 1. The van der Waals surface area contributed by atoms with Gasteiger partial charge in [0.1, 0.15) is 23.4 Å². The lowest BCUT2D eigenvalue weighted by molar-refractivity contribution is -0.140. The van der Waals surface area contributed by atoms with Crippen LogP contribution in [0.4, 0.5) is 5.69 Å². The van der Waals surface area contributed by atoms with E-state index in [-0.39, 0.29) is 31.2 Å². The maximum absolute atomic E-state index is 14.5. The second-order valence-corrected chi connectivity index (χ2v) is 16.5. The van der Waals surface area contributed by atoms with Crippen LogP contribution in [0.5, 0.6) is 5.75 Å². The van der Waals surface area contributed by atoms with E-state index in [0.29, 0.717) is 30.8 Å². The highest BCUT2D eigenvalue weighted by Gasteiger charge is 2.63. The van der Waals surface area contributed by atoms with Crippen LogP contribution in [0.1, 0.15) is 70.8 Å². The Morgan fingerprint density at radius 2 is 1.80 bits per heavy atom. The van der Waals surface area contributed by atoms with Crippen molar-refractivity contribution < 1.29 is 27.5 Å². The van der Waals surface area contributed by atoms with E-state index in [1.54, 1.807) is 31.1 Å². The smallest absolute Gasteiger partial charge is 0.259 e. The Labute approximate surface area is 297 Å². The molecule has 14 nitrogen and oxygen atoms in total. The normalized spacial score (nSPS) is 27.6. The second kappa shape index (κ2) is 13.7. The van der Waals surface area contributed by atoms with Crippen LogP contribution in [-0.4, -0.2) is 87.3 Å². The molecule has 15 heteroatoms. The molecule has 1 aromatic heterocycles. The highest BCUT2D eigenvalue weighted by Crippen LogP contribution is 2.47. The minimum Gasteiger partial charge on any atom is -0.497 e. The molecule has 2 saturated carbocycles. The molecule has 1 saturated heterocycles. The number of methoxy groups -OCH3 is 1. The van der Waals surface area contributed by atoms with Crippen molar-refractivity contribution >= 4 is 33.4 Å². The van der Waals surface area contributed by atoms with Crippen LogP contribution in [0.3, 0.4) is 0 Å². The van der Waals surface area contributed by atoms with E-state index in [9.17, 15) is 22.8 Å². The largest absolute Gasteiger partial charge is 0.497 e. The Bertz CT molecular complexity index is 1910. The molecule has 3 aromatic rings. The molecule has 0 bridgehead atoms. The second-order valence-electron chi connectivity index (χ2n) is 14.3. The molecular formula is C36H44N8O6S. The number of ether oxygens (including phenoxy) is 1. The van der Waals surface area contributed by atoms with Gasteiger partial charge >= 0.3 is 0 Å². The van der Waals surface area contributed by atoms with Crippen LogP contribution < -0.4 is 20.1 Å². The maximum atomic E-state index is 14.5. The summed E-state index contributed by atoms with van der Waals surface area (Å²) >= 11 is 0. The van der Waals surface area contributed by atoms with Gasteiger partial charge < -0.3 is 20.3 Å². The van der Waals surface area contributed by atoms with E-state index in [1.165, 1.54) is 4.80 Å². The van der Waals surface area contributed by atoms with Gasteiger partial charge in [-0.2, -0.15) is 4.80 Å². The van der Waals surface area contributed by atoms with E-state index in [1.807, 2.05) is 54.6 Å². The zero-order chi connectivity index (χ0) is 35.8. The lowest BCUT2D eigenvalue weighted by atomic mass is 10.0. The van der Waals surface area contributed by atoms with Crippen molar-refractivity contribution in [3.05, 3.63) is 66.7 Å². The van der Waals surface area contributed by atoms with E-state index in [2.05, 4.69) is 30.8 Å². The average molecular weight is 717 g/mol. The standard InChI is InChI=1S/C36H44N8O6S/c1-35(19-20-35)51(48,49)41-34(47)36-22-25(36)11-7-4-3-5-10-14-29(37-26-12-8-6-9-13-26)33(46)43-23-27(21-30(43)32(45)38-36)44-40-31(39-42-44)24-15-17-28(50-2)18-16-24/h6-9,11-13,15-18,25,27,29-30,37H,3-5,10,14,19-23H2,1-2H3,(H,38,45)(H,41,47)/t25-,27-,29+,30+,36-/m1/s1. The number of aromatic nitrogens is 4. The summed E-state index contributed by atoms with van der Waals surface area (Å²) in [5.41, 5.74) is 0.0670. The molecule has 2 aliphatic carbocycles. The third kappa shape index (κ3) is 7.08. The molecule has 3 amide bonds. The Balaban J connectivity index is 1.19. The summed E-state index contributed by atoms with van der Waals surface area (Å²) < 4.78 is 32.8. The molecule has 4 aliphatic rings. The van der Waals surface area contributed by atoms with Gasteiger partial charge in [0.25, 0.3) is 5.91 Å². The van der Waals surface area contributed by atoms with Crippen molar-refractivity contribution in [3.63, 3.8) is 0 Å². The first-order chi connectivity index (χ1) is 24.5. The minimum atomic E-state index is -3.94. The fourth-order valence-corrected chi connectivity index (χ4v) is 8.33. The van der Waals surface area contributed by atoms with Crippen molar-refractivity contribution in [1.82, 2.24) is 35.1 Å². The van der Waals surface area contributed by atoms with Crippen molar-refractivity contribution in [2.45, 2.75) is 93.1 Å². The number of sulfonamides is 1. The Morgan fingerprint density at radius 1 is 1.04 bits per heavy atom. The number of tetrazole rings is 1. The number of hydrogen-bond donors (Lipinski definition) is 3. The fourth-order valence-electron chi connectivity index (χ4n) is 7.02. The van der Waals surface area contributed by atoms with E-state index >= 15 is 0 Å². The van der Waals surface area contributed by atoms with Crippen LogP contribution in [0.15, 0.2) is 66.7 Å². The molecule has 0 unspecified atom stereocenters. The highest BCUT2D eigenvalue weighted by molar-refractivity contribution is 7.91. The Kier molecular flexibility index (Phi) is 9.33. The number of hydrogen-bond acceptors (Lipinski definition) is 10. The first kappa shape index (κ1) is 34.6. The topological polar surface area (TPSA) is 178 Å². The molecule has 3 heterocycles. The highest BCUT2D eigenvalue weighted by atomic mass is 32.2. The molecule has 7 rings (SSSR count). The predicted octanol–water partition coefficient (Wildman–Crippen LogP) is 3.37. The van der Waals surface area contributed by atoms with Gasteiger partial charge in [-0.3, -0.25) is 19.1 Å². The minimum absolute atomic E-state index is 0.136.